The van der Waals surface area contributed by atoms with Crippen LogP contribution >= 0.6 is 0 Å². The number of nitro benzene ring substituents is 1. The van der Waals surface area contributed by atoms with Crippen LogP contribution in [0.5, 0.6) is 0 Å². The lowest BCUT2D eigenvalue weighted by molar-refractivity contribution is -0.384. The molecule has 7 heteroatoms. The maximum atomic E-state index is 11.0. The van der Waals surface area contributed by atoms with Gasteiger partial charge in [-0.1, -0.05) is 0 Å². The quantitative estimate of drug-likeness (QED) is 0.549. The van der Waals surface area contributed by atoms with Crippen molar-refractivity contribution in [1.82, 2.24) is 0 Å². The minimum Gasteiger partial charge on any atom is -0.478 e. The molecule has 2 rings (SSSR count). The van der Waals surface area contributed by atoms with Gasteiger partial charge in [-0.25, -0.2) is 4.79 Å². The molecule has 0 radical (unpaired) electrons. The Morgan fingerprint density at radius 2 is 2.16 bits per heavy atom. The van der Waals surface area contributed by atoms with Gasteiger partial charge in [-0.3, -0.25) is 10.1 Å². The Morgan fingerprint density at radius 3 is 2.68 bits per heavy atom. The first-order valence-corrected chi connectivity index (χ1v) is 5.91. The molecule has 0 unspecified atom stereocenters. The number of aliphatic hydroxyl groups excluding tert-OH is 1. The van der Waals surface area contributed by atoms with Crippen LogP contribution in [0.1, 0.15) is 23.2 Å². The van der Waals surface area contributed by atoms with Gasteiger partial charge in [-0.15, -0.1) is 0 Å². The molecular weight excluding hydrogens is 252 g/mol. The average Bonchev–Trinajstić information content (AvgIpc) is 2.32. The molecule has 0 spiro atoms. The second kappa shape index (κ2) is 5.23. The van der Waals surface area contributed by atoms with E-state index in [0.29, 0.717) is 19.4 Å². The summed E-state index contributed by atoms with van der Waals surface area (Å²) in [6.07, 6.45) is 1.06. The predicted octanol–water partition coefficient (Wildman–Crippen LogP) is 1.48. The zero-order valence-electron chi connectivity index (χ0n) is 10.1. The largest absolute Gasteiger partial charge is 0.478 e. The van der Waals surface area contributed by atoms with Gasteiger partial charge in [-0.2, -0.15) is 0 Å². The van der Waals surface area contributed by atoms with Crippen LogP contribution in [0.3, 0.4) is 0 Å². The van der Waals surface area contributed by atoms with E-state index in [4.69, 9.17) is 10.2 Å². The first-order valence-electron chi connectivity index (χ1n) is 5.91. The summed E-state index contributed by atoms with van der Waals surface area (Å²) in [5.41, 5.74) is 0.0923. The molecule has 7 nitrogen and oxygen atoms in total. The van der Waals surface area contributed by atoms with Crippen molar-refractivity contribution in [3.8, 4) is 0 Å². The van der Waals surface area contributed by atoms with Crippen molar-refractivity contribution < 1.29 is 19.9 Å². The molecule has 1 aromatic rings. The van der Waals surface area contributed by atoms with Crippen molar-refractivity contribution in [2.24, 2.45) is 5.92 Å². The van der Waals surface area contributed by atoms with Crippen LogP contribution < -0.4 is 5.32 Å². The Balaban J connectivity index is 2.13. The first-order chi connectivity index (χ1) is 8.97. The maximum absolute atomic E-state index is 11.0. The molecule has 0 bridgehead atoms. The summed E-state index contributed by atoms with van der Waals surface area (Å²) in [6, 6.07) is 3.61. The lowest BCUT2D eigenvalue weighted by Crippen LogP contribution is -2.33. The fourth-order valence-electron chi connectivity index (χ4n) is 2.10. The molecule has 1 saturated carbocycles. The second-order valence-electron chi connectivity index (χ2n) is 4.66. The molecule has 0 saturated heterocycles. The van der Waals surface area contributed by atoms with Crippen LogP contribution in [0.4, 0.5) is 11.4 Å². The number of carbonyl (C=O) groups is 1. The van der Waals surface area contributed by atoms with E-state index in [-0.39, 0.29) is 29.0 Å². The highest BCUT2D eigenvalue weighted by Gasteiger charge is 2.27. The highest BCUT2D eigenvalue weighted by Crippen LogP contribution is 2.29. The summed E-state index contributed by atoms with van der Waals surface area (Å²) < 4.78 is 0. The normalized spacial score (nSPS) is 21.5. The highest BCUT2D eigenvalue weighted by atomic mass is 16.6. The molecule has 0 aliphatic heterocycles. The van der Waals surface area contributed by atoms with E-state index in [0.717, 1.165) is 0 Å². The summed E-state index contributed by atoms with van der Waals surface area (Å²) in [4.78, 5) is 21.1. The predicted molar refractivity (Wildman–Crippen MR) is 67.3 cm³/mol. The van der Waals surface area contributed by atoms with Crippen molar-refractivity contribution in [3.05, 3.63) is 33.9 Å². The number of aromatic carboxylic acids is 1. The van der Waals surface area contributed by atoms with Crippen LogP contribution in [-0.4, -0.2) is 33.8 Å². The lowest BCUT2D eigenvalue weighted by Gasteiger charge is -2.31. The van der Waals surface area contributed by atoms with Gasteiger partial charge in [-0.05, 0) is 24.8 Å². The topological polar surface area (TPSA) is 113 Å². The zero-order chi connectivity index (χ0) is 14.0. The van der Waals surface area contributed by atoms with E-state index < -0.39 is 10.9 Å². The Hall–Kier alpha value is -2.15. The summed E-state index contributed by atoms with van der Waals surface area (Å²) in [7, 11) is 0. The highest BCUT2D eigenvalue weighted by molar-refractivity contribution is 5.94. The number of nitro groups is 1. The van der Waals surface area contributed by atoms with Crippen LogP contribution in [0.25, 0.3) is 0 Å². The van der Waals surface area contributed by atoms with E-state index in [2.05, 4.69) is 5.32 Å². The number of non-ortho nitro benzene ring substituents is 1. The molecular formula is C12H14N2O5. The molecule has 19 heavy (non-hydrogen) atoms. The van der Waals surface area contributed by atoms with Crippen LogP contribution in [0.15, 0.2) is 18.2 Å². The minimum absolute atomic E-state index is 0.00507. The molecule has 3 N–H and O–H groups in total. The minimum atomic E-state index is -1.13. The lowest BCUT2D eigenvalue weighted by atomic mass is 9.82. The Morgan fingerprint density at radius 1 is 1.47 bits per heavy atom. The molecule has 0 atom stereocenters. The van der Waals surface area contributed by atoms with Crippen molar-refractivity contribution >= 4 is 17.3 Å². The van der Waals surface area contributed by atoms with Crippen molar-refractivity contribution in [2.75, 3.05) is 11.9 Å². The van der Waals surface area contributed by atoms with Gasteiger partial charge < -0.3 is 15.5 Å². The van der Waals surface area contributed by atoms with E-state index in [1.165, 1.54) is 18.2 Å². The number of nitrogens with zero attached hydrogens (tertiary/aromatic N) is 1. The van der Waals surface area contributed by atoms with Crippen LogP contribution in [0, 0.1) is 16.0 Å². The number of hydrogen-bond donors (Lipinski definition) is 3. The number of aliphatic hydroxyl groups is 1. The Kier molecular flexibility index (Phi) is 3.66. The van der Waals surface area contributed by atoms with Gasteiger partial charge >= 0.3 is 5.97 Å². The summed E-state index contributed by atoms with van der Waals surface area (Å²) >= 11 is 0. The van der Waals surface area contributed by atoms with Crippen molar-refractivity contribution in [3.63, 3.8) is 0 Å². The Bertz CT molecular complexity index is 511. The monoisotopic (exact) mass is 266 g/mol. The number of nitrogens with one attached hydrogen (secondary N) is 1. The number of hydrogen-bond acceptors (Lipinski definition) is 5. The third-order valence-corrected chi connectivity index (χ3v) is 3.24. The van der Waals surface area contributed by atoms with Gasteiger partial charge in [0.15, 0.2) is 0 Å². The molecule has 0 amide bonds. The number of carboxylic acid groups (broad SMARTS) is 1. The van der Waals surface area contributed by atoms with E-state index in [9.17, 15) is 14.9 Å². The van der Waals surface area contributed by atoms with Crippen LogP contribution in [0.2, 0.25) is 0 Å². The maximum Gasteiger partial charge on any atom is 0.337 e. The summed E-state index contributed by atoms with van der Waals surface area (Å²) in [5.74, 6) is -0.859. The first kappa shape index (κ1) is 13.3. The van der Waals surface area contributed by atoms with Crippen molar-refractivity contribution in [2.45, 2.75) is 18.9 Å². The molecule has 1 fully saturated rings. The number of anilines is 1. The molecule has 0 aromatic heterocycles. The summed E-state index contributed by atoms with van der Waals surface area (Å²) in [5, 5.41) is 31.8. The fourth-order valence-corrected chi connectivity index (χ4v) is 2.10. The molecule has 1 aliphatic rings. The molecule has 0 heterocycles. The van der Waals surface area contributed by atoms with E-state index in [1.807, 2.05) is 0 Å². The van der Waals surface area contributed by atoms with Crippen LogP contribution in [-0.2, 0) is 0 Å². The number of rotatable bonds is 5. The van der Waals surface area contributed by atoms with Gasteiger partial charge in [0.1, 0.15) is 0 Å². The van der Waals surface area contributed by atoms with Gasteiger partial charge in [0.25, 0.3) is 5.69 Å². The van der Waals surface area contributed by atoms with Gasteiger partial charge in [0, 0.05) is 18.7 Å². The molecule has 102 valence electrons. The SMILES string of the molecule is O=C(O)c1ccc([N+](=O)[O-])cc1NCC1CC(O)C1. The standard InChI is InChI=1S/C12H14N2O5/c15-9-3-7(4-9)6-13-11-5-8(14(18)19)1-2-10(11)12(16)17/h1-2,5,7,9,13,15H,3-4,6H2,(H,16,17). The van der Waals surface area contributed by atoms with E-state index in [1.54, 1.807) is 0 Å². The second-order valence-corrected chi connectivity index (χ2v) is 4.66. The van der Waals surface area contributed by atoms with Gasteiger partial charge in [0.2, 0.25) is 0 Å². The van der Waals surface area contributed by atoms with E-state index >= 15 is 0 Å². The third kappa shape index (κ3) is 3.00. The Labute approximate surface area is 109 Å². The average molecular weight is 266 g/mol. The van der Waals surface area contributed by atoms with Gasteiger partial charge in [0.05, 0.1) is 22.3 Å². The fraction of sp³-hybridized carbons (Fsp3) is 0.417. The number of benzene rings is 1. The molecule has 1 aromatic carbocycles. The molecule has 1 aliphatic carbocycles. The smallest absolute Gasteiger partial charge is 0.337 e. The third-order valence-electron chi connectivity index (χ3n) is 3.24. The summed E-state index contributed by atoms with van der Waals surface area (Å²) in [6.45, 7) is 0.499. The van der Waals surface area contributed by atoms with Crippen molar-refractivity contribution in [1.29, 1.82) is 0 Å². The number of carboxylic acids is 1. The zero-order valence-corrected chi connectivity index (χ0v) is 10.1.